The van der Waals surface area contributed by atoms with Gasteiger partial charge in [-0.1, -0.05) is 53.7 Å². The molecular formula is C19H41O5PSi. The smallest absolute Gasteiger partial charge is 0.416 e. The van der Waals surface area contributed by atoms with Gasteiger partial charge in [0.15, 0.2) is 8.32 Å². The summed E-state index contributed by atoms with van der Waals surface area (Å²) in [6.45, 7) is 20.2. The molecule has 0 spiro atoms. The first-order chi connectivity index (χ1) is 12.1. The maximum Gasteiger partial charge on any atom is 0.475 e. The zero-order valence-electron chi connectivity index (χ0n) is 18.3. The van der Waals surface area contributed by atoms with Crippen LogP contribution in [0.2, 0.25) is 16.6 Å². The average molecular weight is 409 g/mol. The molecule has 0 fully saturated rings. The van der Waals surface area contributed by atoms with Crippen molar-refractivity contribution >= 4 is 16.1 Å². The van der Waals surface area contributed by atoms with Crippen LogP contribution >= 0.6 is 7.82 Å². The summed E-state index contributed by atoms with van der Waals surface area (Å²) in [4.78, 5) is 0. The minimum Gasteiger partial charge on any atom is -0.416 e. The standard InChI is InChI=1S/C19H41O5PSi/c1-10-13-19(24-25(20,21-11-2)22-12-3)14-15-23-26(16(4)5,17(6)7)18(8)9/h10,13,16-19H,11-12,14-15H2,1-9H3/b13-10+/t19-/m0/s1. The van der Waals surface area contributed by atoms with Crippen LogP contribution < -0.4 is 0 Å². The lowest BCUT2D eigenvalue weighted by molar-refractivity contribution is 0.0899. The lowest BCUT2D eigenvalue weighted by atomic mass is 10.2. The Morgan fingerprint density at radius 3 is 1.73 bits per heavy atom. The van der Waals surface area contributed by atoms with Crippen LogP contribution in [0.15, 0.2) is 12.2 Å². The van der Waals surface area contributed by atoms with Crippen LogP contribution in [-0.4, -0.2) is 34.2 Å². The Kier molecular flexibility index (Phi) is 12.5. The van der Waals surface area contributed by atoms with Crippen molar-refractivity contribution in [3.8, 4) is 0 Å². The SMILES string of the molecule is C/C=C/[C@@H](CCO[Si](C(C)C)(C(C)C)C(C)C)OP(=O)(OCC)OCC. The van der Waals surface area contributed by atoms with Gasteiger partial charge in [0.25, 0.3) is 0 Å². The third-order valence-electron chi connectivity index (χ3n) is 4.71. The minimum atomic E-state index is -3.54. The summed E-state index contributed by atoms with van der Waals surface area (Å²) in [7, 11) is -5.46. The van der Waals surface area contributed by atoms with Gasteiger partial charge in [-0.3, -0.25) is 13.6 Å². The normalized spacial score (nSPS) is 14.9. The lowest BCUT2D eigenvalue weighted by Gasteiger charge is -2.42. The van der Waals surface area contributed by atoms with Crippen molar-refractivity contribution in [3.05, 3.63) is 12.2 Å². The number of phosphoric ester groups is 1. The Morgan fingerprint density at radius 2 is 1.38 bits per heavy atom. The third kappa shape index (κ3) is 7.57. The van der Waals surface area contributed by atoms with Crippen molar-refractivity contribution in [2.45, 2.75) is 91.5 Å². The van der Waals surface area contributed by atoms with E-state index < -0.39 is 16.1 Å². The molecule has 0 bridgehead atoms. The van der Waals surface area contributed by atoms with Crippen molar-refractivity contribution in [2.75, 3.05) is 19.8 Å². The lowest BCUT2D eigenvalue weighted by Crippen LogP contribution is -2.48. The molecule has 5 nitrogen and oxygen atoms in total. The van der Waals surface area contributed by atoms with E-state index in [-0.39, 0.29) is 19.3 Å². The molecule has 156 valence electrons. The molecule has 0 rings (SSSR count). The van der Waals surface area contributed by atoms with E-state index in [1.165, 1.54) is 0 Å². The Hall–Kier alpha value is 0.0269. The van der Waals surface area contributed by atoms with Crippen LogP contribution in [0.1, 0.15) is 68.7 Å². The maximum atomic E-state index is 12.7. The van der Waals surface area contributed by atoms with Gasteiger partial charge in [0.05, 0.1) is 19.3 Å². The monoisotopic (exact) mass is 408 g/mol. The third-order valence-corrected chi connectivity index (χ3v) is 12.5. The maximum absolute atomic E-state index is 12.7. The number of allylic oxidation sites excluding steroid dienone is 1. The molecule has 0 N–H and O–H groups in total. The van der Waals surface area contributed by atoms with Crippen LogP contribution in [0.4, 0.5) is 0 Å². The van der Waals surface area contributed by atoms with Crippen molar-refractivity contribution < 1.29 is 22.6 Å². The van der Waals surface area contributed by atoms with Gasteiger partial charge in [-0.15, -0.1) is 0 Å². The molecule has 0 aliphatic heterocycles. The van der Waals surface area contributed by atoms with Crippen LogP contribution in [0, 0.1) is 0 Å². The Morgan fingerprint density at radius 1 is 0.923 bits per heavy atom. The van der Waals surface area contributed by atoms with Gasteiger partial charge in [0.1, 0.15) is 0 Å². The highest BCUT2D eigenvalue weighted by Gasteiger charge is 2.45. The molecule has 0 aliphatic rings. The second-order valence-electron chi connectivity index (χ2n) is 7.41. The Bertz CT molecular complexity index is 419. The zero-order valence-corrected chi connectivity index (χ0v) is 20.2. The topological polar surface area (TPSA) is 54.0 Å². The van der Waals surface area contributed by atoms with Gasteiger partial charge in [-0.2, -0.15) is 0 Å². The number of phosphoric acid groups is 1. The predicted octanol–water partition coefficient (Wildman–Crippen LogP) is 6.71. The fraction of sp³-hybridized carbons (Fsp3) is 0.895. The summed E-state index contributed by atoms with van der Waals surface area (Å²) in [5.41, 5.74) is 1.59. The predicted molar refractivity (Wildman–Crippen MR) is 112 cm³/mol. The van der Waals surface area contributed by atoms with Gasteiger partial charge in [0.2, 0.25) is 0 Å². The van der Waals surface area contributed by atoms with Gasteiger partial charge in [-0.25, -0.2) is 4.57 Å². The van der Waals surface area contributed by atoms with E-state index in [0.29, 0.717) is 29.7 Å². The summed E-state index contributed by atoms with van der Waals surface area (Å²) in [6, 6.07) is 0. The molecule has 0 radical (unpaired) electrons. The highest BCUT2D eigenvalue weighted by molar-refractivity contribution is 7.48. The summed E-state index contributed by atoms with van der Waals surface area (Å²) < 4.78 is 35.5. The quantitative estimate of drug-likeness (QED) is 0.182. The molecule has 0 aromatic heterocycles. The fourth-order valence-electron chi connectivity index (χ4n) is 3.83. The molecule has 0 unspecified atom stereocenters. The molecule has 1 atom stereocenters. The summed E-state index contributed by atoms with van der Waals surface area (Å²) in [5, 5.41) is 0. The average Bonchev–Trinajstić information content (AvgIpc) is 2.50. The first-order valence-electron chi connectivity index (χ1n) is 9.93. The van der Waals surface area contributed by atoms with E-state index in [1.54, 1.807) is 13.8 Å². The molecule has 0 amide bonds. The molecule has 0 aromatic carbocycles. The fourth-order valence-corrected chi connectivity index (χ4v) is 10.6. The van der Waals surface area contributed by atoms with Crippen molar-refractivity contribution in [2.24, 2.45) is 0 Å². The van der Waals surface area contributed by atoms with Crippen molar-refractivity contribution in [1.29, 1.82) is 0 Å². The Labute approximate surface area is 162 Å². The van der Waals surface area contributed by atoms with Crippen molar-refractivity contribution in [3.63, 3.8) is 0 Å². The zero-order chi connectivity index (χ0) is 20.4. The van der Waals surface area contributed by atoms with Crippen LogP contribution in [0.5, 0.6) is 0 Å². The molecule has 0 heterocycles. The van der Waals surface area contributed by atoms with E-state index >= 15 is 0 Å². The largest absolute Gasteiger partial charge is 0.475 e. The molecule has 7 heteroatoms. The molecule has 26 heavy (non-hydrogen) atoms. The van der Waals surface area contributed by atoms with Gasteiger partial charge in [0, 0.05) is 6.61 Å². The summed E-state index contributed by atoms with van der Waals surface area (Å²) >= 11 is 0. The minimum absolute atomic E-state index is 0.278. The summed E-state index contributed by atoms with van der Waals surface area (Å²) in [5.74, 6) is 0. The second-order valence-corrected chi connectivity index (χ2v) is 14.5. The number of rotatable bonds is 14. The number of hydrogen-bond donors (Lipinski definition) is 0. The summed E-state index contributed by atoms with van der Waals surface area (Å²) in [6.07, 6.45) is 4.04. The van der Waals surface area contributed by atoms with Crippen LogP contribution in [0.25, 0.3) is 0 Å². The molecule has 0 aromatic rings. The highest BCUT2D eigenvalue weighted by atomic mass is 31.2. The van der Waals surface area contributed by atoms with Gasteiger partial charge >= 0.3 is 7.82 Å². The second kappa shape index (κ2) is 12.5. The van der Waals surface area contributed by atoms with Crippen LogP contribution in [-0.2, 0) is 22.6 Å². The van der Waals surface area contributed by atoms with Gasteiger partial charge in [-0.05, 0) is 43.8 Å². The first kappa shape index (κ1) is 26.0. The van der Waals surface area contributed by atoms with Gasteiger partial charge < -0.3 is 4.43 Å². The van der Waals surface area contributed by atoms with E-state index in [2.05, 4.69) is 41.5 Å². The molecule has 0 saturated carbocycles. The van der Waals surface area contributed by atoms with E-state index in [0.717, 1.165) is 0 Å². The van der Waals surface area contributed by atoms with E-state index in [1.807, 2.05) is 19.1 Å². The Balaban J connectivity index is 5.10. The molecule has 0 saturated heterocycles. The van der Waals surface area contributed by atoms with E-state index in [9.17, 15) is 4.57 Å². The molecule has 0 aliphatic carbocycles. The van der Waals surface area contributed by atoms with Crippen LogP contribution in [0.3, 0.4) is 0 Å². The molecular weight excluding hydrogens is 367 g/mol. The van der Waals surface area contributed by atoms with E-state index in [4.69, 9.17) is 18.0 Å². The first-order valence-corrected chi connectivity index (χ1v) is 13.5. The number of hydrogen-bond acceptors (Lipinski definition) is 5. The van der Waals surface area contributed by atoms with Crippen molar-refractivity contribution in [1.82, 2.24) is 0 Å². The highest BCUT2D eigenvalue weighted by Crippen LogP contribution is 2.51.